The van der Waals surface area contributed by atoms with Crippen molar-refractivity contribution in [2.75, 3.05) is 6.54 Å². The lowest BCUT2D eigenvalue weighted by Crippen LogP contribution is -2.26. The second-order valence-electron chi connectivity index (χ2n) is 3.59. The van der Waals surface area contributed by atoms with Gasteiger partial charge in [0.25, 0.3) is 0 Å². The fraction of sp³-hybridized carbons (Fsp3) is 0.333. The zero-order valence-corrected chi connectivity index (χ0v) is 9.28. The summed E-state index contributed by atoms with van der Waals surface area (Å²) in [6.07, 6.45) is 0.156. The first-order chi connectivity index (χ1) is 8.09. The Bertz CT molecular complexity index is 406. The highest BCUT2D eigenvalue weighted by atomic mass is 19.1. The van der Waals surface area contributed by atoms with E-state index < -0.39 is 5.97 Å². The Hall–Kier alpha value is -1.91. The van der Waals surface area contributed by atoms with Crippen molar-refractivity contribution in [2.45, 2.75) is 19.3 Å². The number of hydrogen-bond donors (Lipinski definition) is 2. The molecule has 92 valence electrons. The van der Waals surface area contributed by atoms with E-state index in [-0.39, 0.29) is 24.6 Å². The Labute approximate surface area is 98.5 Å². The number of carbonyl (C=O) groups is 2. The molecule has 4 nitrogen and oxygen atoms in total. The van der Waals surface area contributed by atoms with Crippen LogP contribution < -0.4 is 5.32 Å². The van der Waals surface area contributed by atoms with Crippen LogP contribution in [0.15, 0.2) is 24.3 Å². The van der Waals surface area contributed by atoms with Gasteiger partial charge in [0.15, 0.2) is 0 Å². The summed E-state index contributed by atoms with van der Waals surface area (Å²) in [7, 11) is 0. The summed E-state index contributed by atoms with van der Waals surface area (Å²) in [5, 5.41) is 10.9. The largest absolute Gasteiger partial charge is 0.481 e. The Kier molecular flexibility index (Phi) is 5.13. The molecule has 0 saturated heterocycles. The zero-order valence-electron chi connectivity index (χ0n) is 9.28. The van der Waals surface area contributed by atoms with Crippen LogP contribution in [-0.2, 0) is 16.0 Å². The molecular weight excluding hydrogens is 225 g/mol. The van der Waals surface area contributed by atoms with Crippen LogP contribution >= 0.6 is 0 Å². The number of hydrogen-bond acceptors (Lipinski definition) is 2. The first kappa shape index (κ1) is 13.2. The van der Waals surface area contributed by atoms with Crippen LogP contribution in [0.3, 0.4) is 0 Å². The van der Waals surface area contributed by atoms with Crippen LogP contribution in [0.4, 0.5) is 4.39 Å². The van der Waals surface area contributed by atoms with Gasteiger partial charge in [-0.3, -0.25) is 9.59 Å². The molecule has 17 heavy (non-hydrogen) atoms. The van der Waals surface area contributed by atoms with E-state index in [1.807, 2.05) is 0 Å². The van der Waals surface area contributed by atoms with Crippen molar-refractivity contribution in [1.29, 1.82) is 0 Å². The Morgan fingerprint density at radius 2 is 1.94 bits per heavy atom. The minimum Gasteiger partial charge on any atom is -0.481 e. The Morgan fingerprint density at radius 1 is 1.24 bits per heavy atom. The van der Waals surface area contributed by atoms with Gasteiger partial charge in [-0.25, -0.2) is 4.39 Å². The van der Waals surface area contributed by atoms with Gasteiger partial charge in [0.05, 0.1) is 6.42 Å². The van der Waals surface area contributed by atoms with Crippen molar-refractivity contribution in [3.63, 3.8) is 0 Å². The molecule has 0 unspecified atom stereocenters. The summed E-state index contributed by atoms with van der Waals surface area (Å²) < 4.78 is 13.2. The molecule has 0 radical (unpaired) electrons. The van der Waals surface area contributed by atoms with E-state index in [2.05, 4.69) is 5.32 Å². The molecule has 0 aliphatic heterocycles. The van der Waals surface area contributed by atoms with E-state index >= 15 is 0 Å². The van der Waals surface area contributed by atoms with E-state index in [9.17, 15) is 14.0 Å². The smallest absolute Gasteiger partial charge is 0.303 e. The molecule has 0 spiro atoms. The third-order valence-corrected chi connectivity index (χ3v) is 2.24. The fourth-order valence-electron chi connectivity index (χ4n) is 1.35. The van der Waals surface area contributed by atoms with Crippen molar-refractivity contribution in [1.82, 2.24) is 5.32 Å². The monoisotopic (exact) mass is 239 g/mol. The quantitative estimate of drug-likeness (QED) is 0.787. The number of nitrogens with one attached hydrogen (secondary N) is 1. The van der Waals surface area contributed by atoms with Gasteiger partial charge in [0.2, 0.25) is 5.91 Å². The second-order valence-corrected chi connectivity index (χ2v) is 3.59. The average molecular weight is 239 g/mol. The summed E-state index contributed by atoms with van der Waals surface area (Å²) >= 11 is 0. The third kappa shape index (κ3) is 5.10. The van der Waals surface area contributed by atoms with E-state index in [4.69, 9.17) is 5.11 Å². The number of benzene rings is 1. The maximum Gasteiger partial charge on any atom is 0.303 e. The van der Waals surface area contributed by atoms with E-state index in [1.54, 1.807) is 18.2 Å². The zero-order chi connectivity index (χ0) is 12.7. The molecule has 1 aromatic carbocycles. The van der Waals surface area contributed by atoms with Crippen molar-refractivity contribution in [2.24, 2.45) is 0 Å². The predicted molar refractivity (Wildman–Crippen MR) is 60.0 cm³/mol. The standard InChI is InChI=1S/C12H14FNO3/c13-10-4-2-1-3-9(10)7-8-14-11(15)5-6-12(16)17/h1-4H,5-8H2,(H,14,15)(H,16,17). The van der Waals surface area contributed by atoms with Crippen LogP contribution in [0, 0.1) is 5.82 Å². The highest BCUT2D eigenvalue weighted by Crippen LogP contribution is 2.06. The van der Waals surface area contributed by atoms with Crippen LogP contribution in [0.1, 0.15) is 18.4 Å². The number of halogens is 1. The number of carboxylic acids is 1. The Balaban J connectivity index is 2.26. The van der Waals surface area contributed by atoms with Crippen LogP contribution in [-0.4, -0.2) is 23.5 Å². The summed E-state index contributed by atoms with van der Waals surface area (Å²) in [5.74, 6) is -1.63. The molecule has 0 saturated carbocycles. The van der Waals surface area contributed by atoms with Gasteiger partial charge in [-0.15, -0.1) is 0 Å². The highest BCUT2D eigenvalue weighted by Gasteiger charge is 2.05. The van der Waals surface area contributed by atoms with Crippen molar-refractivity contribution in [3.05, 3.63) is 35.6 Å². The Morgan fingerprint density at radius 3 is 2.59 bits per heavy atom. The predicted octanol–water partition coefficient (Wildman–Crippen LogP) is 1.35. The minimum atomic E-state index is -1.01. The van der Waals surface area contributed by atoms with E-state index in [0.717, 1.165) is 0 Å². The normalized spacial score (nSPS) is 9.94. The van der Waals surface area contributed by atoms with Crippen LogP contribution in [0.25, 0.3) is 0 Å². The van der Waals surface area contributed by atoms with Gasteiger partial charge in [0, 0.05) is 13.0 Å². The van der Waals surface area contributed by atoms with E-state index in [1.165, 1.54) is 6.07 Å². The summed E-state index contributed by atoms with van der Waals surface area (Å²) in [4.78, 5) is 21.4. The van der Waals surface area contributed by atoms with Gasteiger partial charge >= 0.3 is 5.97 Å². The molecule has 0 fully saturated rings. The number of amides is 1. The number of carbonyl (C=O) groups excluding carboxylic acids is 1. The van der Waals surface area contributed by atoms with Crippen LogP contribution in [0.2, 0.25) is 0 Å². The molecule has 0 aromatic heterocycles. The maximum absolute atomic E-state index is 13.2. The molecule has 0 bridgehead atoms. The molecule has 1 rings (SSSR count). The summed E-state index contributed by atoms with van der Waals surface area (Å²) in [6.45, 7) is 0.305. The van der Waals surface area contributed by atoms with Crippen LogP contribution in [0.5, 0.6) is 0 Å². The molecule has 0 atom stereocenters. The number of aliphatic carboxylic acids is 1. The topological polar surface area (TPSA) is 66.4 Å². The van der Waals surface area contributed by atoms with Gasteiger partial charge in [0.1, 0.15) is 5.82 Å². The first-order valence-electron chi connectivity index (χ1n) is 5.31. The van der Waals surface area contributed by atoms with Gasteiger partial charge in [-0.1, -0.05) is 18.2 Å². The third-order valence-electron chi connectivity index (χ3n) is 2.24. The maximum atomic E-state index is 13.2. The lowest BCUT2D eigenvalue weighted by molar-refractivity contribution is -0.138. The molecule has 2 N–H and O–H groups in total. The molecule has 0 heterocycles. The summed E-state index contributed by atoms with van der Waals surface area (Å²) in [5.41, 5.74) is 0.533. The highest BCUT2D eigenvalue weighted by molar-refractivity contribution is 5.80. The fourth-order valence-corrected chi connectivity index (χ4v) is 1.35. The second kappa shape index (κ2) is 6.62. The average Bonchev–Trinajstić information content (AvgIpc) is 2.29. The summed E-state index contributed by atoms with van der Waals surface area (Å²) in [6, 6.07) is 6.34. The van der Waals surface area contributed by atoms with Gasteiger partial charge in [-0.05, 0) is 18.1 Å². The number of rotatable bonds is 6. The number of carboxylic acid groups (broad SMARTS) is 1. The van der Waals surface area contributed by atoms with Crippen molar-refractivity contribution in [3.8, 4) is 0 Å². The molecule has 1 aromatic rings. The van der Waals surface area contributed by atoms with Crippen molar-refractivity contribution < 1.29 is 19.1 Å². The van der Waals surface area contributed by atoms with Gasteiger partial charge < -0.3 is 10.4 Å². The molecule has 0 aliphatic carbocycles. The SMILES string of the molecule is O=C(O)CCC(=O)NCCc1ccccc1F. The van der Waals surface area contributed by atoms with E-state index in [0.29, 0.717) is 18.5 Å². The molecule has 0 aliphatic rings. The minimum absolute atomic E-state index is 0.0490. The van der Waals surface area contributed by atoms with Gasteiger partial charge in [-0.2, -0.15) is 0 Å². The molecule has 5 heteroatoms. The lowest BCUT2D eigenvalue weighted by Gasteiger charge is -2.05. The molecule has 1 amide bonds. The lowest BCUT2D eigenvalue weighted by atomic mass is 10.1. The first-order valence-corrected chi connectivity index (χ1v) is 5.31. The molecular formula is C12H14FNO3. The van der Waals surface area contributed by atoms with Crippen molar-refractivity contribution >= 4 is 11.9 Å².